The lowest BCUT2D eigenvalue weighted by Gasteiger charge is -2.29. The summed E-state index contributed by atoms with van der Waals surface area (Å²) in [6, 6.07) is 5.25. The van der Waals surface area contributed by atoms with Crippen molar-refractivity contribution >= 4 is 23.6 Å². The third kappa shape index (κ3) is 1.87. The van der Waals surface area contributed by atoms with Crippen molar-refractivity contribution in [2.45, 2.75) is 30.2 Å². The first kappa shape index (κ1) is 9.96. The van der Waals surface area contributed by atoms with Gasteiger partial charge in [0, 0.05) is 18.0 Å². The van der Waals surface area contributed by atoms with E-state index >= 15 is 0 Å². The molecule has 0 radical (unpaired) electrons. The smallest absolute Gasteiger partial charge is 0.208 e. The Bertz CT molecular complexity index is 443. The maximum absolute atomic E-state index is 13.0. The standard InChI is InChI=1S/C11H12FN3S/c12-7-4-5-9-10(6-7)16-15-11(14-9)13-8-2-1-3-8/h4-6,8H,1-3H2,(H2,13,14,15). The molecule has 1 aromatic rings. The average Bonchev–Trinajstić information content (AvgIpc) is 2.23. The van der Waals surface area contributed by atoms with Crippen LogP contribution >= 0.6 is 11.9 Å². The summed E-state index contributed by atoms with van der Waals surface area (Å²) in [6.45, 7) is 0. The number of rotatable bonds is 1. The molecule has 2 aliphatic rings. The second-order valence-corrected chi connectivity index (χ2v) is 4.87. The number of nitrogens with zero attached hydrogens (tertiary/aromatic N) is 1. The quantitative estimate of drug-likeness (QED) is 0.737. The lowest BCUT2D eigenvalue weighted by atomic mass is 9.93. The van der Waals surface area contributed by atoms with Crippen molar-refractivity contribution in [1.82, 2.24) is 5.32 Å². The van der Waals surface area contributed by atoms with E-state index in [0.717, 1.165) is 16.5 Å². The molecule has 0 saturated heterocycles. The second-order valence-electron chi connectivity index (χ2n) is 4.07. The molecule has 0 atom stereocenters. The Morgan fingerprint density at radius 2 is 2.31 bits per heavy atom. The molecule has 2 N–H and O–H groups in total. The second kappa shape index (κ2) is 3.97. The molecule has 1 aromatic carbocycles. The highest BCUT2D eigenvalue weighted by Gasteiger charge is 2.20. The largest absolute Gasteiger partial charge is 0.353 e. The van der Waals surface area contributed by atoms with Crippen molar-refractivity contribution in [3.63, 3.8) is 0 Å². The van der Waals surface area contributed by atoms with Gasteiger partial charge in [0.25, 0.3) is 0 Å². The highest BCUT2D eigenvalue weighted by molar-refractivity contribution is 7.98. The van der Waals surface area contributed by atoms with Crippen molar-refractivity contribution in [1.29, 1.82) is 0 Å². The fourth-order valence-electron chi connectivity index (χ4n) is 1.73. The van der Waals surface area contributed by atoms with Gasteiger partial charge in [0.05, 0.1) is 10.6 Å². The minimum Gasteiger partial charge on any atom is -0.353 e. The summed E-state index contributed by atoms with van der Waals surface area (Å²) >= 11 is 1.31. The predicted octanol–water partition coefficient (Wildman–Crippen LogP) is 2.76. The van der Waals surface area contributed by atoms with E-state index in [1.165, 1.54) is 43.3 Å². The summed E-state index contributed by atoms with van der Waals surface area (Å²) in [7, 11) is 0. The summed E-state index contributed by atoms with van der Waals surface area (Å²) < 4.78 is 17.2. The van der Waals surface area contributed by atoms with E-state index in [4.69, 9.17) is 0 Å². The van der Waals surface area contributed by atoms with Gasteiger partial charge < -0.3 is 10.6 Å². The number of nitrogens with one attached hydrogen (secondary N) is 2. The summed E-state index contributed by atoms with van der Waals surface area (Å²) in [5.74, 6) is 0.562. The molecule has 1 aliphatic carbocycles. The van der Waals surface area contributed by atoms with E-state index < -0.39 is 0 Å². The zero-order valence-corrected chi connectivity index (χ0v) is 9.48. The van der Waals surface area contributed by atoms with Crippen LogP contribution in [-0.2, 0) is 0 Å². The first-order chi connectivity index (χ1) is 7.81. The van der Waals surface area contributed by atoms with Crippen molar-refractivity contribution in [3.8, 4) is 0 Å². The van der Waals surface area contributed by atoms with Crippen LogP contribution in [-0.4, -0.2) is 12.0 Å². The number of guanidine groups is 1. The lowest BCUT2D eigenvalue weighted by Crippen LogP contribution is -2.43. The molecule has 0 amide bonds. The van der Waals surface area contributed by atoms with Crippen LogP contribution in [0, 0.1) is 5.82 Å². The van der Waals surface area contributed by atoms with Crippen LogP contribution in [0.5, 0.6) is 0 Å². The van der Waals surface area contributed by atoms with E-state index in [-0.39, 0.29) is 5.82 Å². The van der Waals surface area contributed by atoms with Gasteiger partial charge in [-0.2, -0.15) is 4.40 Å². The first-order valence-corrected chi connectivity index (χ1v) is 6.17. The highest BCUT2D eigenvalue weighted by Crippen LogP contribution is 2.32. The fraction of sp³-hybridized carbons (Fsp3) is 0.364. The molecule has 0 aromatic heterocycles. The van der Waals surface area contributed by atoms with Gasteiger partial charge in [-0.3, -0.25) is 0 Å². The van der Waals surface area contributed by atoms with E-state index in [9.17, 15) is 4.39 Å². The Morgan fingerprint density at radius 1 is 1.44 bits per heavy atom. The van der Waals surface area contributed by atoms with Crippen LogP contribution in [0.15, 0.2) is 27.5 Å². The van der Waals surface area contributed by atoms with E-state index in [1.54, 1.807) is 6.07 Å². The van der Waals surface area contributed by atoms with Gasteiger partial charge in [0.2, 0.25) is 5.96 Å². The van der Waals surface area contributed by atoms with Crippen LogP contribution in [0.3, 0.4) is 0 Å². The van der Waals surface area contributed by atoms with Crippen molar-refractivity contribution < 1.29 is 4.39 Å². The van der Waals surface area contributed by atoms with E-state index in [2.05, 4.69) is 15.0 Å². The van der Waals surface area contributed by atoms with Crippen molar-refractivity contribution in [3.05, 3.63) is 24.0 Å². The van der Waals surface area contributed by atoms with Gasteiger partial charge in [0.1, 0.15) is 5.82 Å². The highest BCUT2D eigenvalue weighted by atomic mass is 32.2. The van der Waals surface area contributed by atoms with Crippen LogP contribution in [0.2, 0.25) is 0 Å². The molecule has 3 rings (SSSR count). The van der Waals surface area contributed by atoms with Crippen LogP contribution in [0.4, 0.5) is 10.1 Å². The van der Waals surface area contributed by atoms with Crippen LogP contribution < -0.4 is 10.6 Å². The molecule has 5 heteroatoms. The van der Waals surface area contributed by atoms with Crippen molar-refractivity contribution in [2.24, 2.45) is 4.40 Å². The van der Waals surface area contributed by atoms with Crippen LogP contribution in [0.1, 0.15) is 19.3 Å². The monoisotopic (exact) mass is 237 g/mol. The van der Waals surface area contributed by atoms with Gasteiger partial charge in [-0.15, -0.1) is 0 Å². The van der Waals surface area contributed by atoms with Gasteiger partial charge in [0.15, 0.2) is 0 Å². The summed E-state index contributed by atoms with van der Waals surface area (Å²) in [5, 5.41) is 6.51. The Hall–Kier alpha value is -1.23. The van der Waals surface area contributed by atoms with E-state index in [1.807, 2.05) is 0 Å². The van der Waals surface area contributed by atoms with Gasteiger partial charge in [-0.05, 0) is 37.5 Å². The molecule has 0 spiro atoms. The Kier molecular flexibility index (Phi) is 2.47. The summed E-state index contributed by atoms with van der Waals surface area (Å²) in [5.41, 5.74) is 0.920. The Morgan fingerprint density at radius 3 is 3.06 bits per heavy atom. The summed E-state index contributed by atoms with van der Waals surface area (Å²) in [6.07, 6.45) is 3.71. The van der Waals surface area contributed by atoms with Gasteiger partial charge >= 0.3 is 0 Å². The third-order valence-electron chi connectivity index (χ3n) is 2.88. The maximum atomic E-state index is 13.0. The normalized spacial score (nSPS) is 19.2. The third-order valence-corrected chi connectivity index (χ3v) is 3.69. The Balaban J connectivity index is 1.73. The van der Waals surface area contributed by atoms with E-state index in [0.29, 0.717) is 6.04 Å². The zero-order valence-electron chi connectivity index (χ0n) is 8.66. The molecule has 1 saturated carbocycles. The van der Waals surface area contributed by atoms with Crippen molar-refractivity contribution in [2.75, 3.05) is 5.32 Å². The fourth-order valence-corrected chi connectivity index (χ4v) is 2.40. The first-order valence-electron chi connectivity index (χ1n) is 5.39. The van der Waals surface area contributed by atoms with Gasteiger partial charge in [-0.25, -0.2) is 4.39 Å². The summed E-state index contributed by atoms with van der Waals surface area (Å²) in [4.78, 5) is 0.833. The van der Waals surface area contributed by atoms with Gasteiger partial charge in [-0.1, -0.05) is 0 Å². The molecule has 1 fully saturated rings. The minimum absolute atomic E-state index is 0.223. The number of hydrogen-bond acceptors (Lipinski definition) is 4. The SMILES string of the molecule is Fc1ccc2c(c1)SN=C(NC1CCC1)N2. The molecule has 0 unspecified atom stereocenters. The molecule has 3 nitrogen and oxygen atoms in total. The molecular weight excluding hydrogens is 225 g/mol. The van der Waals surface area contributed by atoms with Crippen LogP contribution in [0.25, 0.3) is 0 Å². The number of fused-ring (bicyclic) bond motifs is 1. The predicted molar refractivity (Wildman–Crippen MR) is 64.1 cm³/mol. The molecule has 0 bridgehead atoms. The Labute approximate surface area is 97.7 Å². The molecule has 16 heavy (non-hydrogen) atoms. The maximum Gasteiger partial charge on any atom is 0.208 e. The number of halogens is 1. The number of hydrogen-bond donors (Lipinski definition) is 2. The molecule has 1 aliphatic heterocycles. The molecule has 84 valence electrons. The number of anilines is 1. The molecular formula is C11H12FN3S. The average molecular weight is 237 g/mol. The molecule has 1 heterocycles. The number of benzene rings is 1. The minimum atomic E-state index is -0.223. The zero-order chi connectivity index (χ0) is 11.0. The topological polar surface area (TPSA) is 36.4 Å². The lowest BCUT2D eigenvalue weighted by molar-refractivity contribution is 0.383.